The lowest BCUT2D eigenvalue weighted by molar-refractivity contribution is -0.119. The van der Waals surface area contributed by atoms with E-state index < -0.39 is 17.2 Å². The molecule has 0 aliphatic carbocycles. The van der Waals surface area contributed by atoms with Crippen LogP contribution in [0.2, 0.25) is 0 Å². The van der Waals surface area contributed by atoms with Gasteiger partial charge in [0, 0.05) is 4.88 Å². The minimum atomic E-state index is -0.918. The number of primary amides is 1. The molecule has 3 amide bonds. The summed E-state index contributed by atoms with van der Waals surface area (Å²) in [6.07, 6.45) is 0. The van der Waals surface area contributed by atoms with Gasteiger partial charge >= 0.3 is 6.03 Å². The van der Waals surface area contributed by atoms with Gasteiger partial charge in [0.1, 0.15) is 4.70 Å². The Morgan fingerprint density at radius 1 is 1.15 bits per heavy atom. The van der Waals surface area contributed by atoms with Crippen LogP contribution in [0, 0.1) is 6.92 Å². The first-order chi connectivity index (χ1) is 15.8. The zero-order chi connectivity index (χ0) is 23.5. The van der Waals surface area contributed by atoms with Crippen molar-refractivity contribution in [1.82, 2.24) is 14.9 Å². The fourth-order valence-corrected chi connectivity index (χ4v) is 5.24. The highest BCUT2D eigenvalue weighted by atomic mass is 32.2. The number of amides is 3. The number of aryl methyl sites for hydroxylation is 1. The van der Waals surface area contributed by atoms with Crippen LogP contribution in [0.3, 0.4) is 0 Å². The molecule has 0 spiro atoms. The van der Waals surface area contributed by atoms with Gasteiger partial charge in [-0.05, 0) is 31.0 Å². The maximum atomic E-state index is 13.5. The van der Waals surface area contributed by atoms with Gasteiger partial charge in [-0.3, -0.25) is 19.5 Å². The number of carbonyl (C=O) groups is 2. The monoisotopic (exact) mass is 478 g/mol. The molecule has 0 saturated carbocycles. The predicted molar refractivity (Wildman–Crippen MR) is 133 cm³/mol. The van der Waals surface area contributed by atoms with Gasteiger partial charge in [0.25, 0.3) is 5.56 Å². The second-order valence-electron chi connectivity index (χ2n) is 7.58. The molecule has 0 fully saturated rings. The topological polar surface area (TPSA) is 107 Å². The van der Waals surface area contributed by atoms with E-state index in [1.165, 1.54) is 11.3 Å². The molecule has 0 aliphatic rings. The molecule has 2 aromatic carbocycles. The first-order valence-corrected chi connectivity index (χ1v) is 11.9. The summed E-state index contributed by atoms with van der Waals surface area (Å²) < 4.78 is 2.13. The van der Waals surface area contributed by atoms with Gasteiger partial charge in [-0.25, -0.2) is 9.78 Å². The van der Waals surface area contributed by atoms with E-state index in [0.717, 1.165) is 33.3 Å². The lowest BCUT2D eigenvalue weighted by atomic mass is 10.1. The SMILES string of the molecule is Cc1ccc(-c2cc3nc(S[C@@H](C)C(=O)NC(N)=O)n(Cc4ccccc4)c(=O)c3s2)cc1. The number of aromatic nitrogens is 2. The molecule has 168 valence electrons. The summed E-state index contributed by atoms with van der Waals surface area (Å²) in [4.78, 5) is 42.5. The van der Waals surface area contributed by atoms with E-state index in [4.69, 9.17) is 10.7 Å². The summed E-state index contributed by atoms with van der Waals surface area (Å²) in [6, 6.07) is 18.7. The maximum Gasteiger partial charge on any atom is 0.318 e. The van der Waals surface area contributed by atoms with Crippen LogP contribution in [-0.4, -0.2) is 26.7 Å². The number of benzene rings is 2. The number of hydrogen-bond acceptors (Lipinski definition) is 6. The molecule has 0 saturated heterocycles. The summed E-state index contributed by atoms with van der Waals surface area (Å²) in [7, 11) is 0. The first-order valence-electron chi connectivity index (χ1n) is 10.2. The average molecular weight is 479 g/mol. The minimum Gasteiger partial charge on any atom is -0.351 e. The molecule has 4 aromatic rings. The molecule has 0 aliphatic heterocycles. The fraction of sp³-hybridized carbons (Fsp3) is 0.167. The van der Waals surface area contributed by atoms with Crippen molar-refractivity contribution in [1.29, 1.82) is 0 Å². The molecule has 3 N–H and O–H groups in total. The van der Waals surface area contributed by atoms with E-state index in [9.17, 15) is 14.4 Å². The summed E-state index contributed by atoms with van der Waals surface area (Å²) in [5, 5.41) is 1.80. The van der Waals surface area contributed by atoms with E-state index in [1.807, 2.05) is 67.6 Å². The predicted octanol–water partition coefficient (Wildman–Crippen LogP) is 4.16. The molecule has 2 heterocycles. The van der Waals surface area contributed by atoms with Crippen LogP contribution in [0.15, 0.2) is 70.6 Å². The smallest absolute Gasteiger partial charge is 0.318 e. The number of nitrogens with one attached hydrogen (secondary N) is 1. The van der Waals surface area contributed by atoms with Crippen molar-refractivity contribution in [3.05, 3.63) is 82.1 Å². The normalized spacial score (nSPS) is 11.9. The summed E-state index contributed by atoms with van der Waals surface area (Å²) >= 11 is 2.52. The number of rotatable bonds is 6. The second kappa shape index (κ2) is 9.60. The van der Waals surface area contributed by atoms with Crippen molar-refractivity contribution in [2.45, 2.75) is 30.8 Å². The quantitative estimate of drug-likeness (QED) is 0.320. The molecule has 0 bridgehead atoms. The summed E-state index contributed by atoms with van der Waals surface area (Å²) in [5.74, 6) is -0.543. The van der Waals surface area contributed by atoms with Crippen molar-refractivity contribution in [3.8, 4) is 10.4 Å². The van der Waals surface area contributed by atoms with Gasteiger partial charge in [0.15, 0.2) is 5.16 Å². The number of thioether (sulfide) groups is 1. The van der Waals surface area contributed by atoms with E-state index in [2.05, 4.69) is 5.32 Å². The van der Waals surface area contributed by atoms with E-state index in [-0.39, 0.29) is 5.56 Å². The fourth-order valence-electron chi connectivity index (χ4n) is 3.28. The van der Waals surface area contributed by atoms with Gasteiger partial charge in [-0.2, -0.15) is 0 Å². The number of hydrogen-bond donors (Lipinski definition) is 2. The van der Waals surface area contributed by atoms with Crippen LogP contribution in [0.25, 0.3) is 20.7 Å². The van der Waals surface area contributed by atoms with Crippen molar-refractivity contribution in [3.63, 3.8) is 0 Å². The summed E-state index contributed by atoms with van der Waals surface area (Å²) in [5.41, 5.74) is 8.59. The molecule has 9 heteroatoms. The molecule has 1 atom stereocenters. The maximum absolute atomic E-state index is 13.5. The Morgan fingerprint density at radius 3 is 2.52 bits per heavy atom. The highest BCUT2D eigenvalue weighted by Crippen LogP contribution is 2.33. The van der Waals surface area contributed by atoms with E-state index in [0.29, 0.717) is 21.9 Å². The molecule has 2 aromatic heterocycles. The Hall–Kier alpha value is -3.43. The molecule has 33 heavy (non-hydrogen) atoms. The zero-order valence-corrected chi connectivity index (χ0v) is 19.7. The average Bonchev–Trinajstić information content (AvgIpc) is 3.21. The molecule has 7 nitrogen and oxygen atoms in total. The van der Waals surface area contributed by atoms with E-state index in [1.54, 1.807) is 11.5 Å². The van der Waals surface area contributed by atoms with Gasteiger partial charge in [-0.15, -0.1) is 11.3 Å². The number of carbonyl (C=O) groups excluding carboxylic acids is 2. The third-order valence-corrected chi connectivity index (χ3v) is 7.27. The van der Waals surface area contributed by atoms with Crippen LogP contribution in [-0.2, 0) is 11.3 Å². The molecular formula is C24H22N4O3S2. The Balaban J connectivity index is 1.79. The number of urea groups is 1. The number of thiophene rings is 1. The number of nitrogens with zero attached hydrogens (tertiary/aromatic N) is 2. The van der Waals surface area contributed by atoms with Crippen molar-refractivity contribution in [2.24, 2.45) is 5.73 Å². The Labute approximate surface area is 198 Å². The van der Waals surface area contributed by atoms with E-state index >= 15 is 0 Å². The van der Waals surface area contributed by atoms with Crippen molar-refractivity contribution in [2.75, 3.05) is 0 Å². The second-order valence-corrected chi connectivity index (χ2v) is 9.94. The van der Waals surface area contributed by atoms with Gasteiger partial charge in [0.2, 0.25) is 5.91 Å². The highest BCUT2D eigenvalue weighted by molar-refractivity contribution is 8.00. The number of fused-ring (bicyclic) bond motifs is 1. The number of imide groups is 1. The Morgan fingerprint density at radius 2 is 1.85 bits per heavy atom. The van der Waals surface area contributed by atoms with Crippen LogP contribution < -0.4 is 16.6 Å². The largest absolute Gasteiger partial charge is 0.351 e. The standard InChI is InChI=1S/C24H22N4O3S2/c1-14-8-10-17(11-9-14)19-12-18-20(33-19)22(30)28(13-16-6-4-3-5-7-16)24(26-18)32-15(2)21(29)27-23(25)31/h3-12,15H,13H2,1-2H3,(H3,25,27,29,31)/t15-/m0/s1. The van der Waals surface area contributed by atoms with Crippen LogP contribution in [0.1, 0.15) is 18.1 Å². The van der Waals surface area contributed by atoms with Crippen LogP contribution in [0.4, 0.5) is 4.79 Å². The minimum absolute atomic E-state index is 0.169. The third kappa shape index (κ3) is 5.15. The Kier molecular flexibility index (Phi) is 6.62. The third-order valence-electron chi connectivity index (χ3n) is 5.02. The van der Waals surface area contributed by atoms with Crippen LogP contribution in [0.5, 0.6) is 0 Å². The van der Waals surface area contributed by atoms with Gasteiger partial charge in [-0.1, -0.05) is 71.9 Å². The molecule has 4 rings (SSSR count). The highest BCUT2D eigenvalue weighted by Gasteiger charge is 2.21. The van der Waals surface area contributed by atoms with Gasteiger partial charge in [0.05, 0.1) is 17.3 Å². The van der Waals surface area contributed by atoms with Gasteiger partial charge < -0.3 is 5.73 Å². The molecular weight excluding hydrogens is 456 g/mol. The van der Waals surface area contributed by atoms with Crippen molar-refractivity contribution < 1.29 is 9.59 Å². The number of nitrogens with two attached hydrogens (primary N) is 1. The zero-order valence-electron chi connectivity index (χ0n) is 18.1. The van der Waals surface area contributed by atoms with Crippen molar-refractivity contribution >= 4 is 45.3 Å². The van der Waals surface area contributed by atoms with Crippen LogP contribution >= 0.6 is 23.1 Å². The lowest BCUT2D eigenvalue weighted by Gasteiger charge is -2.15. The summed E-state index contributed by atoms with van der Waals surface area (Å²) in [6.45, 7) is 3.97. The molecule has 0 unspecified atom stereocenters. The molecule has 0 radical (unpaired) electrons. The Bertz CT molecular complexity index is 1380. The first kappa shape index (κ1) is 22.8. The lowest BCUT2D eigenvalue weighted by Crippen LogP contribution is -2.39.